The summed E-state index contributed by atoms with van der Waals surface area (Å²) >= 11 is 0. The number of hydrogen-bond donors (Lipinski definition) is 0. The molecule has 1 aromatic heterocycles. The highest BCUT2D eigenvalue weighted by atomic mass is 16.5. The molecule has 5 heteroatoms. The van der Waals surface area contributed by atoms with Gasteiger partial charge in [0, 0.05) is 6.07 Å². The Morgan fingerprint density at radius 1 is 1.45 bits per heavy atom. The molecule has 0 aliphatic rings. The lowest BCUT2D eigenvalue weighted by Gasteiger charge is -2.15. The third-order valence-electron chi connectivity index (χ3n) is 3.19. The molecule has 1 atom stereocenters. The molecule has 122 valence electrons. The monoisotopic (exact) mass is 306 g/mol. The molecule has 0 fully saturated rings. The summed E-state index contributed by atoms with van der Waals surface area (Å²) in [7, 11) is 4.06. The molecule has 0 bridgehead atoms. The van der Waals surface area contributed by atoms with Crippen LogP contribution in [0, 0.1) is 6.92 Å². The maximum Gasteiger partial charge on any atom is 0.238 e. The highest BCUT2D eigenvalue weighted by Gasteiger charge is 2.13. The lowest BCUT2D eigenvalue weighted by Crippen LogP contribution is -2.24. The largest absolute Gasteiger partial charge is 0.472 e. The van der Waals surface area contributed by atoms with Gasteiger partial charge in [0.25, 0.3) is 0 Å². The molecular weight excluding hydrogens is 278 g/mol. The number of aryl methyl sites for hydroxylation is 1. The van der Waals surface area contributed by atoms with Crippen molar-refractivity contribution >= 4 is 12.0 Å². The van der Waals surface area contributed by atoms with Gasteiger partial charge in [-0.3, -0.25) is 4.58 Å². The first-order valence-corrected chi connectivity index (χ1v) is 7.58. The number of rotatable bonds is 9. The van der Waals surface area contributed by atoms with Crippen LogP contribution in [0.3, 0.4) is 0 Å². The van der Waals surface area contributed by atoms with E-state index in [0.717, 1.165) is 17.9 Å². The number of aromatic nitrogens is 1. The highest BCUT2D eigenvalue weighted by molar-refractivity contribution is 5.76. The molecular formula is C17H28N3O2+. The van der Waals surface area contributed by atoms with Gasteiger partial charge in [-0.05, 0) is 26.8 Å². The molecule has 0 spiro atoms. The number of anilines is 1. The molecule has 0 radical (unpaired) electrons. The van der Waals surface area contributed by atoms with Crippen molar-refractivity contribution in [1.82, 2.24) is 4.98 Å². The van der Waals surface area contributed by atoms with E-state index in [0.29, 0.717) is 19.1 Å². The van der Waals surface area contributed by atoms with Gasteiger partial charge in [-0.2, -0.15) is 0 Å². The Kier molecular flexibility index (Phi) is 7.60. The van der Waals surface area contributed by atoms with Crippen LogP contribution < -0.4 is 9.64 Å². The van der Waals surface area contributed by atoms with Crippen molar-refractivity contribution < 1.29 is 14.0 Å². The summed E-state index contributed by atoms with van der Waals surface area (Å²) in [5.74, 6) is 0.619. The van der Waals surface area contributed by atoms with Crippen LogP contribution in [0.2, 0.25) is 0 Å². The summed E-state index contributed by atoms with van der Waals surface area (Å²) in [4.78, 5) is 6.58. The van der Waals surface area contributed by atoms with Crippen molar-refractivity contribution in [2.24, 2.45) is 0 Å². The van der Waals surface area contributed by atoms with Gasteiger partial charge < -0.3 is 9.47 Å². The molecule has 0 aromatic carbocycles. The number of ether oxygens (including phenoxy) is 2. The van der Waals surface area contributed by atoms with E-state index >= 15 is 0 Å². The van der Waals surface area contributed by atoms with E-state index in [1.54, 1.807) is 6.08 Å². The first kappa shape index (κ1) is 18.2. The predicted molar refractivity (Wildman–Crippen MR) is 91.3 cm³/mol. The maximum absolute atomic E-state index is 5.77. The number of nitrogens with zero attached hydrogens (tertiary/aromatic N) is 3. The molecule has 1 aromatic rings. The van der Waals surface area contributed by atoms with Crippen molar-refractivity contribution in [2.45, 2.75) is 26.9 Å². The lowest BCUT2D eigenvalue weighted by molar-refractivity contribution is -0.489. The minimum Gasteiger partial charge on any atom is -0.472 e. The molecule has 22 heavy (non-hydrogen) atoms. The molecule has 0 saturated carbocycles. The van der Waals surface area contributed by atoms with Crippen LogP contribution in [0.4, 0.5) is 5.69 Å². The molecule has 0 aliphatic carbocycles. The minimum atomic E-state index is -0.0479. The van der Waals surface area contributed by atoms with E-state index in [4.69, 9.17) is 9.47 Å². The Hall–Kier alpha value is -1.88. The zero-order chi connectivity index (χ0) is 16.5. The Bertz CT molecular complexity index is 515. The normalized spacial score (nSPS) is 12.9. The first-order chi connectivity index (χ1) is 10.5. The SMILES string of the molecule is C=CCOCC(C)Oc1ccc(N(C)C=[N+](C)CC)c(C)n1. The molecule has 0 saturated heterocycles. The van der Waals surface area contributed by atoms with Crippen molar-refractivity contribution in [2.75, 3.05) is 38.8 Å². The standard InChI is InChI=1S/C17H28N3O2/c1-7-11-21-12-14(3)22-17-10-9-16(15(4)18-17)20(6)13-19(5)8-2/h7,9-10,13-14H,1,8,11-12H2,2-6H3/q+1. The van der Waals surface area contributed by atoms with Gasteiger partial charge in [-0.15, -0.1) is 6.58 Å². The van der Waals surface area contributed by atoms with Gasteiger partial charge in [0.05, 0.1) is 39.5 Å². The smallest absolute Gasteiger partial charge is 0.238 e. The Morgan fingerprint density at radius 2 is 2.18 bits per heavy atom. The average Bonchev–Trinajstić information content (AvgIpc) is 2.47. The van der Waals surface area contributed by atoms with E-state index in [2.05, 4.69) is 34.3 Å². The van der Waals surface area contributed by atoms with Crippen LogP contribution in [0.25, 0.3) is 0 Å². The van der Waals surface area contributed by atoms with E-state index < -0.39 is 0 Å². The number of hydrogen-bond acceptors (Lipinski definition) is 3. The second-order valence-corrected chi connectivity index (χ2v) is 5.31. The molecule has 0 aliphatic heterocycles. The van der Waals surface area contributed by atoms with Crippen molar-refractivity contribution in [1.29, 1.82) is 0 Å². The third-order valence-corrected chi connectivity index (χ3v) is 3.19. The topological polar surface area (TPSA) is 37.6 Å². The van der Waals surface area contributed by atoms with Crippen molar-refractivity contribution in [3.8, 4) is 5.88 Å². The number of pyridine rings is 1. The molecule has 0 N–H and O–H groups in total. The van der Waals surface area contributed by atoms with E-state index in [9.17, 15) is 0 Å². The predicted octanol–water partition coefficient (Wildman–Crippen LogP) is 2.49. The van der Waals surface area contributed by atoms with Gasteiger partial charge >= 0.3 is 0 Å². The van der Waals surface area contributed by atoms with E-state index in [1.165, 1.54) is 0 Å². The molecule has 5 nitrogen and oxygen atoms in total. The summed E-state index contributed by atoms with van der Waals surface area (Å²) in [5, 5.41) is 0. The highest BCUT2D eigenvalue weighted by Crippen LogP contribution is 2.20. The molecule has 1 unspecified atom stereocenters. The van der Waals surface area contributed by atoms with Crippen molar-refractivity contribution in [3.05, 3.63) is 30.5 Å². The van der Waals surface area contributed by atoms with Crippen LogP contribution >= 0.6 is 0 Å². The molecule has 1 rings (SSSR count). The summed E-state index contributed by atoms with van der Waals surface area (Å²) < 4.78 is 13.3. The summed E-state index contributed by atoms with van der Waals surface area (Å²) in [6.45, 7) is 11.7. The van der Waals surface area contributed by atoms with Gasteiger partial charge in [0.2, 0.25) is 12.2 Å². The third kappa shape index (κ3) is 5.85. The van der Waals surface area contributed by atoms with Crippen LogP contribution in [0.1, 0.15) is 19.5 Å². The van der Waals surface area contributed by atoms with Crippen LogP contribution in [0.15, 0.2) is 24.8 Å². The Morgan fingerprint density at radius 3 is 2.77 bits per heavy atom. The van der Waals surface area contributed by atoms with E-state index in [1.807, 2.05) is 40.1 Å². The second-order valence-electron chi connectivity index (χ2n) is 5.31. The minimum absolute atomic E-state index is 0.0479. The quantitative estimate of drug-likeness (QED) is 0.231. The Balaban J connectivity index is 2.71. The Labute approximate surface area is 133 Å². The fraction of sp³-hybridized carbons (Fsp3) is 0.529. The fourth-order valence-electron chi connectivity index (χ4n) is 1.97. The van der Waals surface area contributed by atoms with Gasteiger partial charge in [-0.1, -0.05) is 6.08 Å². The van der Waals surface area contributed by atoms with Gasteiger partial charge in [0.15, 0.2) is 0 Å². The summed E-state index contributed by atoms with van der Waals surface area (Å²) in [6, 6.07) is 3.91. The van der Waals surface area contributed by atoms with Crippen molar-refractivity contribution in [3.63, 3.8) is 0 Å². The fourth-order valence-corrected chi connectivity index (χ4v) is 1.97. The van der Waals surface area contributed by atoms with Crippen LogP contribution in [-0.4, -0.2) is 55.9 Å². The molecule has 0 amide bonds. The first-order valence-electron chi connectivity index (χ1n) is 7.58. The van der Waals surface area contributed by atoms with Gasteiger partial charge in [0.1, 0.15) is 11.8 Å². The van der Waals surface area contributed by atoms with Gasteiger partial charge in [-0.25, -0.2) is 9.88 Å². The summed E-state index contributed by atoms with van der Waals surface area (Å²) in [5.41, 5.74) is 1.99. The zero-order valence-corrected chi connectivity index (χ0v) is 14.4. The van der Waals surface area contributed by atoms with Crippen LogP contribution in [0.5, 0.6) is 5.88 Å². The van der Waals surface area contributed by atoms with E-state index in [-0.39, 0.29) is 6.10 Å². The summed E-state index contributed by atoms with van der Waals surface area (Å²) in [6.07, 6.45) is 3.73. The second kappa shape index (κ2) is 9.20. The zero-order valence-electron chi connectivity index (χ0n) is 14.4. The molecule has 1 heterocycles. The average molecular weight is 306 g/mol. The maximum atomic E-state index is 5.77. The lowest BCUT2D eigenvalue weighted by atomic mass is 10.3. The van der Waals surface area contributed by atoms with Crippen LogP contribution in [-0.2, 0) is 4.74 Å².